The van der Waals surface area contributed by atoms with Gasteiger partial charge in [0.05, 0.1) is 42.9 Å². The van der Waals surface area contributed by atoms with Gasteiger partial charge in [-0.3, -0.25) is 8.89 Å². The van der Waals surface area contributed by atoms with Gasteiger partial charge in [0.2, 0.25) is 5.95 Å². The lowest BCUT2D eigenvalue weighted by molar-refractivity contribution is 0.0718. The summed E-state index contributed by atoms with van der Waals surface area (Å²) in [6, 6.07) is 0.470. The molecule has 0 bridgehead atoms. The molecule has 0 saturated carbocycles. The van der Waals surface area contributed by atoms with Gasteiger partial charge in [0.1, 0.15) is 11.1 Å². The minimum Gasteiger partial charge on any atom is -0.373 e. The maximum absolute atomic E-state index is 10.4. The van der Waals surface area contributed by atoms with Crippen LogP contribution in [0.5, 0.6) is 0 Å². The van der Waals surface area contributed by atoms with Gasteiger partial charge in [-0.05, 0) is 38.3 Å². The van der Waals surface area contributed by atoms with Gasteiger partial charge in [-0.2, -0.15) is 10.1 Å². The number of nitrogens with one attached hydrogen (secondary N) is 3. The van der Waals surface area contributed by atoms with Crippen molar-refractivity contribution in [2.45, 2.75) is 71.2 Å². The average molecular weight is 556 g/mol. The highest BCUT2D eigenvalue weighted by atomic mass is 35.5. The Bertz CT molecular complexity index is 987. The molecule has 4 unspecified atom stereocenters. The number of piperidine rings is 1. The standard InChI is InChI=1S/C18H24ClN7O2.C5H12OS.C2H6/c19-13-8-21-18(23-11-7-22-26(9-11)12-1-4-20-5-2-12)25-17(13)24-14-10-28-15-3-6-27-16(14)15;1-5(2)4-7(3)6;1-2/h7-9,12,14-16,20H,1-6,10H2,(H2,21,23,24,25);5H,4H2,1-3H3;1-2H3. The van der Waals surface area contributed by atoms with Crippen molar-refractivity contribution in [1.82, 2.24) is 25.1 Å². The lowest BCUT2D eigenvalue weighted by Crippen LogP contribution is -2.34. The van der Waals surface area contributed by atoms with E-state index in [1.54, 1.807) is 18.6 Å². The van der Waals surface area contributed by atoms with Crippen LogP contribution in [0.25, 0.3) is 0 Å². The van der Waals surface area contributed by atoms with Crippen molar-refractivity contribution in [2.75, 3.05) is 48.9 Å². The Morgan fingerprint density at radius 2 is 1.97 bits per heavy atom. The number of aromatic nitrogens is 4. The van der Waals surface area contributed by atoms with Crippen LogP contribution < -0.4 is 16.0 Å². The highest BCUT2D eigenvalue weighted by Gasteiger charge is 2.42. The largest absolute Gasteiger partial charge is 0.373 e. The first-order chi connectivity index (χ1) is 17.9. The van der Waals surface area contributed by atoms with E-state index in [1.165, 1.54) is 0 Å². The lowest BCUT2D eigenvalue weighted by atomic mass is 10.1. The van der Waals surface area contributed by atoms with Crippen molar-refractivity contribution < 1.29 is 13.7 Å². The predicted molar refractivity (Wildman–Crippen MR) is 150 cm³/mol. The van der Waals surface area contributed by atoms with Crippen LogP contribution in [0.3, 0.4) is 0 Å². The summed E-state index contributed by atoms with van der Waals surface area (Å²) in [5.74, 6) is 2.46. The van der Waals surface area contributed by atoms with Crippen LogP contribution in [0.15, 0.2) is 18.6 Å². The summed E-state index contributed by atoms with van der Waals surface area (Å²) in [5, 5.41) is 14.9. The Morgan fingerprint density at radius 1 is 1.22 bits per heavy atom. The van der Waals surface area contributed by atoms with Crippen molar-refractivity contribution in [3.05, 3.63) is 23.6 Å². The predicted octanol–water partition coefficient (Wildman–Crippen LogP) is 4.01. The maximum Gasteiger partial charge on any atom is 0.229 e. The first-order valence-corrected chi connectivity index (χ1v) is 15.3. The summed E-state index contributed by atoms with van der Waals surface area (Å²) in [7, 11) is -0.596. The van der Waals surface area contributed by atoms with E-state index in [0.29, 0.717) is 35.4 Å². The fourth-order valence-electron chi connectivity index (χ4n) is 4.57. The Balaban J connectivity index is 0.000000369. The fourth-order valence-corrected chi connectivity index (χ4v) is 5.65. The van der Waals surface area contributed by atoms with Crippen molar-refractivity contribution in [2.24, 2.45) is 5.92 Å². The highest BCUT2D eigenvalue weighted by Crippen LogP contribution is 2.30. The minimum atomic E-state index is -0.596. The fraction of sp³-hybridized carbons (Fsp3) is 0.720. The number of hydrogen-bond donors (Lipinski definition) is 3. The minimum absolute atomic E-state index is 0.0374. The summed E-state index contributed by atoms with van der Waals surface area (Å²) in [4.78, 5) is 8.84. The normalized spacial score (nSPS) is 23.9. The van der Waals surface area contributed by atoms with Crippen LogP contribution in [0.2, 0.25) is 5.02 Å². The molecule has 37 heavy (non-hydrogen) atoms. The summed E-state index contributed by atoms with van der Waals surface area (Å²) in [6.07, 6.45) is 10.5. The van der Waals surface area contributed by atoms with E-state index in [1.807, 2.05) is 24.7 Å². The van der Waals surface area contributed by atoms with Gasteiger partial charge in [0, 0.05) is 35.6 Å². The monoisotopic (exact) mass is 555 g/mol. The molecular weight excluding hydrogens is 514 g/mol. The third-order valence-corrected chi connectivity index (χ3v) is 7.55. The van der Waals surface area contributed by atoms with Crippen LogP contribution >= 0.6 is 11.6 Å². The molecule has 3 aliphatic heterocycles. The molecule has 12 heteroatoms. The Morgan fingerprint density at radius 3 is 2.65 bits per heavy atom. The van der Waals surface area contributed by atoms with E-state index in [2.05, 4.69) is 44.9 Å². The molecule has 0 aliphatic carbocycles. The lowest BCUT2D eigenvalue weighted by Gasteiger charge is -2.22. The molecule has 3 N–H and O–H groups in total. The molecule has 3 aliphatic rings. The second kappa shape index (κ2) is 15.0. The Kier molecular flexibility index (Phi) is 12.0. The molecule has 4 atom stereocenters. The van der Waals surface area contributed by atoms with Crippen molar-refractivity contribution in [3.63, 3.8) is 0 Å². The van der Waals surface area contributed by atoms with E-state index >= 15 is 0 Å². The number of rotatable bonds is 7. The second-order valence-corrected chi connectivity index (χ2v) is 11.5. The van der Waals surface area contributed by atoms with Gasteiger partial charge in [0.25, 0.3) is 0 Å². The van der Waals surface area contributed by atoms with E-state index in [9.17, 15) is 4.21 Å². The van der Waals surface area contributed by atoms with Gasteiger partial charge in [0.15, 0.2) is 5.82 Å². The quantitative estimate of drug-likeness (QED) is 0.466. The smallest absolute Gasteiger partial charge is 0.229 e. The van der Waals surface area contributed by atoms with Crippen LogP contribution in [0, 0.1) is 5.92 Å². The first kappa shape index (κ1) is 29.8. The van der Waals surface area contributed by atoms with Gasteiger partial charge >= 0.3 is 0 Å². The third-order valence-electron chi connectivity index (χ3n) is 6.14. The molecule has 10 nitrogen and oxygen atoms in total. The molecule has 0 aromatic carbocycles. The van der Waals surface area contributed by atoms with Crippen molar-refractivity contribution in [3.8, 4) is 0 Å². The average Bonchev–Trinajstić information content (AvgIpc) is 3.62. The summed E-state index contributed by atoms with van der Waals surface area (Å²) in [6.45, 7) is 11.5. The zero-order valence-corrected chi connectivity index (χ0v) is 24.1. The summed E-state index contributed by atoms with van der Waals surface area (Å²) >= 11 is 6.31. The Hall–Kier alpha value is -1.79. The third kappa shape index (κ3) is 8.88. The SMILES string of the molecule is CC.CC(C)CS(C)=O.Clc1cnc(Nc2cnn(C3CCNCC3)c2)nc1NC1COC2CCOC12. The molecule has 0 radical (unpaired) electrons. The molecule has 0 spiro atoms. The first-order valence-electron chi connectivity index (χ1n) is 13.2. The number of nitrogens with zero attached hydrogens (tertiary/aromatic N) is 4. The number of halogens is 1. The maximum atomic E-state index is 10.4. The summed E-state index contributed by atoms with van der Waals surface area (Å²) < 4.78 is 24.0. The van der Waals surface area contributed by atoms with Gasteiger partial charge in [-0.1, -0.05) is 39.3 Å². The van der Waals surface area contributed by atoms with E-state index in [-0.39, 0.29) is 18.2 Å². The van der Waals surface area contributed by atoms with Crippen LogP contribution in [-0.2, 0) is 20.3 Å². The number of hydrogen-bond acceptors (Lipinski definition) is 9. The molecule has 3 saturated heterocycles. The van der Waals surface area contributed by atoms with Crippen LogP contribution in [0.1, 0.15) is 53.0 Å². The zero-order valence-electron chi connectivity index (χ0n) is 22.6. The highest BCUT2D eigenvalue weighted by molar-refractivity contribution is 7.84. The molecule has 2 aromatic rings. The Labute approximate surface area is 228 Å². The molecule has 0 amide bonds. The molecular formula is C25H42ClN7O3S. The molecule has 3 fully saturated rings. The van der Waals surface area contributed by atoms with Gasteiger partial charge in [-0.25, -0.2) is 4.98 Å². The summed E-state index contributed by atoms with van der Waals surface area (Å²) in [5.41, 5.74) is 0.857. The van der Waals surface area contributed by atoms with Gasteiger partial charge < -0.3 is 25.4 Å². The van der Waals surface area contributed by atoms with Crippen LogP contribution in [-0.4, -0.2) is 80.5 Å². The van der Waals surface area contributed by atoms with Crippen molar-refractivity contribution >= 4 is 39.9 Å². The zero-order chi connectivity index (χ0) is 26.8. The second-order valence-electron chi connectivity index (χ2n) is 9.59. The molecule has 208 valence electrons. The van der Waals surface area contributed by atoms with Gasteiger partial charge in [-0.15, -0.1) is 0 Å². The van der Waals surface area contributed by atoms with E-state index < -0.39 is 10.8 Å². The molecule has 5 rings (SSSR count). The van der Waals surface area contributed by atoms with E-state index in [4.69, 9.17) is 21.1 Å². The van der Waals surface area contributed by atoms with E-state index in [0.717, 1.165) is 50.4 Å². The van der Waals surface area contributed by atoms with Crippen LogP contribution in [0.4, 0.5) is 17.5 Å². The molecule has 5 heterocycles. The topological polar surface area (TPSA) is 115 Å². The number of fused-ring (bicyclic) bond motifs is 1. The number of ether oxygens (including phenoxy) is 2. The van der Waals surface area contributed by atoms with Crippen molar-refractivity contribution in [1.29, 1.82) is 0 Å². The molecule has 2 aromatic heterocycles. The number of anilines is 3.